The fraction of sp³-hybridized carbons (Fsp3) is 0.795. The second kappa shape index (κ2) is 18.1. The molecule has 0 bridgehead atoms. The SMILES string of the molecule is CC[C@H]1OC(=O)[C@H](C)C(=O)[C@H](C)[C@@H](O[C@@H]2O[C@H](C)C[C@H](N(C)C)[C@H]2O)[C@@](C)(OC)C[C@@H](C)C(=O)[C@H](C)[C@H]2N(CCCSc3nccc(C)n3)C(=O)O[C@]12C. The number of thioether (sulfide) groups is 1. The number of aliphatic hydroxyl groups excluding tert-OH is 1. The molecule has 14 nitrogen and oxygen atoms in total. The van der Waals surface area contributed by atoms with E-state index in [2.05, 4.69) is 9.97 Å². The Bertz CT molecular complexity index is 1500. The Morgan fingerprint density at radius 1 is 1.07 bits per heavy atom. The number of carbonyl (C=O) groups excluding carboxylic acids is 4. The highest BCUT2D eigenvalue weighted by Gasteiger charge is 2.60. The van der Waals surface area contributed by atoms with Crippen molar-refractivity contribution >= 4 is 35.4 Å². The van der Waals surface area contributed by atoms with Crippen molar-refractivity contribution in [3.05, 3.63) is 18.0 Å². The molecule has 54 heavy (non-hydrogen) atoms. The summed E-state index contributed by atoms with van der Waals surface area (Å²) in [5, 5.41) is 12.0. The van der Waals surface area contributed by atoms with Crippen LogP contribution in [0.2, 0.25) is 0 Å². The highest BCUT2D eigenvalue weighted by Crippen LogP contribution is 2.43. The monoisotopic (exact) mass is 778 g/mol. The van der Waals surface area contributed by atoms with Gasteiger partial charge in [-0.3, -0.25) is 14.4 Å². The van der Waals surface area contributed by atoms with Gasteiger partial charge >= 0.3 is 12.1 Å². The van der Waals surface area contributed by atoms with Gasteiger partial charge in [0, 0.05) is 55.1 Å². The molecular formula is C39H62N4O10S. The van der Waals surface area contributed by atoms with Crippen LogP contribution >= 0.6 is 11.8 Å². The molecule has 1 N–H and O–H groups in total. The van der Waals surface area contributed by atoms with Gasteiger partial charge in [0.2, 0.25) is 0 Å². The summed E-state index contributed by atoms with van der Waals surface area (Å²) < 4.78 is 31.1. The molecule has 15 heteroatoms. The van der Waals surface area contributed by atoms with Crippen molar-refractivity contribution in [1.82, 2.24) is 19.8 Å². The third-order valence-electron chi connectivity index (χ3n) is 11.7. The lowest BCUT2D eigenvalue weighted by molar-refractivity contribution is -0.295. The van der Waals surface area contributed by atoms with Gasteiger partial charge in [0.05, 0.1) is 23.9 Å². The highest BCUT2D eigenvalue weighted by molar-refractivity contribution is 7.99. The van der Waals surface area contributed by atoms with Gasteiger partial charge in [-0.1, -0.05) is 39.5 Å². The average Bonchev–Trinajstić information content (AvgIpc) is 3.38. The number of fused-ring (bicyclic) bond motifs is 1. The Balaban J connectivity index is 1.71. The number of rotatable bonds is 10. The molecule has 304 valence electrons. The number of ketones is 2. The van der Waals surface area contributed by atoms with E-state index in [9.17, 15) is 24.3 Å². The van der Waals surface area contributed by atoms with Crippen molar-refractivity contribution in [2.45, 2.75) is 147 Å². The molecule has 1 aromatic rings. The van der Waals surface area contributed by atoms with Gasteiger partial charge in [-0.25, -0.2) is 14.8 Å². The number of nitrogens with zero attached hydrogens (tertiary/aromatic N) is 4. The van der Waals surface area contributed by atoms with Crippen molar-refractivity contribution in [1.29, 1.82) is 0 Å². The second-order valence-electron chi connectivity index (χ2n) is 16.1. The predicted octanol–water partition coefficient (Wildman–Crippen LogP) is 4.47. The number of ether oxygens (including phenoxy) is 5. The maximum atomic E-state index is 14.6. The minimum absolute atomic E-state index is 0.131. The molecule has 0 aromatic carbocycles. The predicted molar refractivity (Wildman–Crippen MR) is 202 cm³/mol. The lowest BCUT2D eigenvalue weighted by atomic mass is 9.73. The summed E-state index contributed by atoms with van der Waals surface area (Å²) in [7, 11) is 5.23. The van der Waals surface area contributed by atoms with Crippen LogP contribution in [-0.2, 0) is 38.1 Å². The number of cyclic esters (lactones) is 1. The zero-order valence-electron chi connectivity index (χ0n) is 34.1. The maximum Gasteiger partial charge on any atom is 0.410 e. The Labute approximate surface area is 324 Å². The molecule has 4 heterocycles. The molecule has 3 saturated heterocycles. The van der Waals surface area contributed by atoms with E-state index >= 15 is 0 Å². The molecule has 1 aromatic heterocycles. The summed E-state index contributed by atoms with van der Waals surface area (Å²) in [5.41, 5.74) is -1.81. The van der Waals surface area contributed by atoms with Crippen LogP contribution in [-0.4, -0.2) is 136 Å². The molecule has 0 unspecified atom stereocenters. The van der Waals surface area contributed by atoms with Crippen LogP contribution in [0, 0.1) is 30.6 Å². The fourth-order valence-electron chi connectivity index (χ4n) is 8.60. The Hall–Kier alpha value is -2.69. The molecule has 1 amide bonds. The van der Waals surface area contributed by atoms with Crippen molar-refractivity contribution in [3.63, 3.8) is 0 Å². The summed E-state index contributed by atoms with van der Waals surface area (Å²) in [6.45, 7) is 16.1. The number of amides is 1. The smallest absolute Gasteiger partial charge is 0.410 e. The van der Waals surface area contributed by atoms with Crippen LogP contribution in [0.4, 0.5) is 4.79 Å². The average molecular weight is 779 g/mol. The summed E-state index contributed by atoms with van der Waals surface area (Å²) in [6.07, 6.45) is -1.78. The van der Waals surface area contributed by atoms with Gasteiger partial charge in [0.1, 0.15) is 23.9 Å². The Morgan fingerprint density at radius 3 is 2.37 bits per heavy atom. The first-order valence-electron chi connectivity index (χ1n) is 19.2. The van der Waals surface area contributed by atoms with E-state index in [0.717, 1.165) is 5.69 Å². The number of carbonyl (C=O) groups is 4. The molecule has 3 fully saturated rings. The molecular weight excluding hydrogens is 717 g/mol. The first-order valence-corrected chi connectivity index (χ1v) is 20.2. The first-order chi connectivity index (χ1) is 25.3. The number of Topliss-reactive ketones (excluding diaryl/α,β-unsaturated/α-hetero) is 2. The first kappa shape index (κ1) is 44.0. The lowest BCUT2D eigenvalue weighted by Gasteiger charge is -2.47. The number of hydrogen-bond donors (Lipinski definition) is 1. The quantitative estimate of drug-likeness (QED) is 0.116. The maximum absolute atomic E-state index is 14.6. The third-order valence-corrected chi connectivity index (χ3v) is 12.7. The number of aryl methyl sites for hydroxylation is 1. The number of methoxy groups -OCH3 is 1. The van der Waals surface area contributed by atoms with Crippen LogP contribution in [0.3, 0.4) is 0 Å². The minimum Gasteiger partial charge on any atom is -0.458 e. The van der Waals surface area contributed by atoms with Crippen LogP contribution in [0.5, 0.6) is 0 Å². The third kappa shape index (κ3) is 9.29. The minimum atomic E-state index is -1.40. The number of aliphatic hydroxyl groups is 1. The largest absolute Gasteiger partial charge is 0.458 e. The Kier molecular flexibility index (Phi) is 14.7. The van der Waals surface area contributed by atoms with Crippen LogP contribution < -0.4 is 0 Å². The molecule has 4 rings (SSSR count). The van der Waals surface area contributed by atoms with Crippen molar-refractivity contribution < 1.29 is 48.0 Å². The normalized spacial score (nSPS) is 38.6. The van der Waals surface area contributed by atoms with E-state index in [0.29, 0.717) is 23.8 Å². The topological polar surface area (TPSA) is 167 Å². The summed E-state index contributed by atoms with van der Waals surface area (Å²) in [4.78, 5) is 68.7. The van der Waals surface area contributed by atoms with Gasteiger partial charge in [-0.2, -0.15) is 0 Å². The zero-order valence-corrected chi connectivity index (χ0v) is 34.9. The van der Waals surface area contributed by atoms with Crippen LogP contribution in [0.15, 0.2) is 17.4 Å². The molecule has 3 aliphatic heterocycles. The number of hydrogen-bond acceptors (Lipinski definition) is 14. The van der Waals surface area contributed by atoms with Gasteiger partial charge in [0.25, 0.3) is 0 Å². The van der Waals surface area contributed by atoms with Crippen molar-refractivity contribution in [2.75, 3.05) is 33.5 Å². The van der Waals surface area contributed by atoms with E-state index in [1.165, 1.54) is 25.8 Å². The molecule has 0 saturated carbocycles. The molecule has 3 aliphatic rings. The molecule has 0 radical (unpaired) electrons. The van der Waals surface area contributed by atoms with E-state index in [1.807, 2.05) is 45.8 Å². The van der Waals surface area contributed by atoms with E-state index < -0.39 is 83.4 Å². The van der Waals surface area contributed by atoms with Crippen molar-refractivity contribution in [3.8, 4) is 0 Å². The zero-order chi connectivity index (χ0) is 40.3. The lowest BCUT2D eigenvalue weighted by Crippen LogP contribution is -2.60. The highest BCUT2D eigenvalue weighted by atomic mass is 32.2. The van der Waals surface area contributed by atoms with Gasteiger partial charge in [-0.05, 0) is 80.5 Å². The van der Waals surface area contributed by atoms with E-state index in [4.69, 9.17) is 23.7 Å². The summed E-state index contributed by atoms with van der Waals surface area (Å²) in [6, 6.07) is 0.758. The summed E-state index contributed by atoms with van der Waals surface area (Å²) >= 11 is 1.47. The summed E-state index contributed by atoms with van der Waals surface area (Å²) in [5.74, 6) is -4.33. The van der Waals surface area contributed by atoms with Gasteiger partial charge < -0.3 is 38.6 Å². The molecule has 0 spiro atoms. The molecule has 0 aliphatic carbocycles. The van der Waals surface area contributed by atoms with Crippen LogP contribution in [0.1, 0.15) is 86.8 Å². The van der Waals surface area contributed by atoms with E-state index in [1.54, 1.807) is 45.7 Å². The second-order valence-corrected chi connectivity index (χ2v) is 17.1. The standard InChI is InChI=1S/C39H62N4O10S/c1-13-28-39(9)32(43(37(48)53-39)17-14-18-54-36-40-16-15-22(3)41-36)24(5)29(44)21(2)20-38(8,49-12)33(25(6)30(45)26(7)34(47)51-28)52-35-31(46)27(42(10)11)19-23(4)50-35/h15-16,21,23-28,31-33,35,46H,13-14,17-20H2,1-12H3/t21-,23-,24+,25+,26-,27+,28-,31-,32-,33-,35+,38+,39-/m1/s1. The van der Waals surface area contributed by atoms with Crippen LogP contribution in [0.25, 0.3) is 0 Å². The van der Waals surface area contributed by atoms with E-state index in [-0.39, 0.29) is 37.3 Å². The van der Waals surface area contributed by atoms with Crippen molar-refractivity contribution in [2.24, 2.45) is 23.7 Å². The number of aromatic nitrogens is 2. The van der Waals surface area contributed by atoms with Gasteiger partial charge in [-0.15, -0.1) is 0 Å². The van der Waals surface area contributed by atoms with Gasteiger partial charge in [0.15, 0.2) is 22.8 Å². The number of likely N-dealkylation sites (N-methyl/N-ethyl adjacent to an activating group) is 1. The molecule has 13 atom stereocenters. The number of esters is 1. The fourth-order valence-corrected chi connectivity index (χ4v) is 9.40. The Morgan fingerprint density at radius 2 is 1.76 bits per heavy atom.